The van der Waals surface area contributed by atoms with Crippen molar-refractivity contribution >= 4 is 81.7 Å². The Labute approximate surface area is 124 Å². The van der Waals surface area contributed by atoms with E-state index < -0.39 is 14.0 Å². The van der Waals surface area contributed by atoms with E-state index in [0.717, 1.165) is 20.8 Å². The largest absolute Gasteiger partial charge is 0.217 e. The summed E-state index contributed by atoms with van der Waals surface area (Å²) in [5, 5.41) is -0.593. The number of rotatable bonds is 0. The molecule has 0 N–H and O–H groups in total. The van der Waals surface area contributed by atoms with Gasteiger partial charge in [0.15, 0.2) is 4.83 Å². The molecule has 1 fully saturated rings. The van der Waals surface area contributed by atoms with Gasteiger partial charge < -0.3 is 0 Å². The monoisotopic (exact) mass is 501 g/mol. The molecular formula is C3H2Cl6IrN2S. The Bertz CT molecular complexity index is 178. The molecule has 13 heavy (non-hydrogen) atoms. The minimum atomic E-state index is -1.52. The first-order valence-electron chi connectivity index (χ1n) is 2.60. The topological polar surface area (TPSA) is 6.48 Å². The zero-order chi connectivity index (χ0) is 9.52. The summed E-state index contributed by atoms with van der Waals surface area (Å²) in [6.45, 7) is 0. The van der Waals surface area contributed by atoms with Gasteiger partial charge in [0.2, 0.25) is 3.79 Å². The van der Waals surface area contributed by atoms with Crippen molar-refractivity contribution in [3.05, 3.63) is 0 Å². The fourth-order valence-corrected chi connectivity index (χ4v) is 3.38. The SMILES string of the molecule is ClC1SC(C(Cl)(Cl)Cl)N(Cl)N1Cl.[Ir]. The van der Waals surface area contributed by atoms with Crippen LogP contribution in [0.15, 0.2) is 0 Å². The van der Waals surface area contributed by atoms with Crippen LogP contribution in [0.25, 0.3) is 0 Å². The first-order valence-corrected chi connectivity index (χ1v) is 5.79. The van der Waals surface area contributed by atoms with Crippen molar-refractivity contribution in [3.8, 4) is 0 Å². The van der Waals surface area contributed by atoms with Crippen LogP contribution in [-0.4, -0.2) is 23.1 Å². The smallest absolute Gasteiger partial charge is 0.119 e. The molecule has 0 bridgehead atoms. The van der Waals surface area contributed by atoms with E-state index in [1.165, 1.54) is 0 Å². The second-order valence-electron chi connectivity index (χ2n) is 1.90. The zero-order valence-corrected chi connectivity index (χ0v) is 13.3. The Morgan fingerprint density at radius 1 is 1.08 bits per heavy atom. The maximum absolute atomic E-state index is 5.71. The van der Waals surface area contributed by atoms with Crippen molar-refractivity contribution in [1.82, 2.24) is 9.06 Å². The van der Waals surface area contributed by atoms with E-state index in [4.69, 9.17) is 70.0 Å². The molecule has 0 aromatic heterocycles. The van der Waals surface area contributed by atoms with Crippen LogP contribution in [0.2, 0.25) is 0 Å². The van der Waals surface area contributed by atoms with Gasteiger partial charge in [-0.1, -0.05) is 58.2 Å². The van der Waals surface area contributed by atoms with Crippen LogP contribution in [0, 0.1) is 0 Å². The van der Waals surface area contributed by atoms with Gasteiger partial charge in [-0.25, -0.2) is 0 Å². The van der Waals surface area contributed by atoms with E-state index in [2.05, 4.69) is 0 Å². The predicted octanol–water partition coefficient (Wildman–Crippen LogP) is 3.78. The van der Waals surface area contributed by atoms with Gasteiger partial charge in [-0.2, -0.15) is 0 Å². The van der Waals surface area contributed by atoms with Gasteiger partial charge in [0.1, 0.15) is 5.37 Å². The van der Waals surface area contributed by atoms with Crippen molar-refractivity contribution in [3.63, 3.8) is 0 Å². The third kappa shape index (κ3) is 3.86. The van der Waals surface area contributed by atoms with E-state index in [9.17, 15) is 0 Å². The zero-order valence-electron chi connectivity index (χ0n) is 5.56. The molecule has 0 spiro atoms. The average Bonchev–Trinajstić information content (AvgIpc) is 2.15. The first-order chi connectivity index (χ1) is 5.34. The second-order valence-corrected chi connectivity index (χ2v) is 6.80. The minimum Gasteiger partial charge on any atom is -0.119 e. The summed E-state index contributed by atoms with van der Waals surface area (Å²) < 4.78 is 0.584. The van der Waals surface area contributed by atoms with Gasteiger partial charge in [0.05, 0.1) is 0 Å². The van der Waals surface area contributed by atoms with E-state index >= 15 is 0 Å². The molecule has 2 nitrogen and oxygen atoms in total. The fourth-order valence-electron chi connectivity index (χ4n) is 0.592. The standard InChI is InChI=1S/C3H2Cl6N2S.Ir/c4-2-11(9)10(8)1(12-2)3(5,6)7;/h1-2H;. The summed E-state index contributed by atoms with van der Waals surface area (Å²) >= 11 is 35.0. The summed E-state index contributed by atoms with van der Waals surface area (Å²) in [6, 6.07) is 0. The van der Waals surface area contributed by atoms with Crippen LogP contribution in [0.5, 0.6) is 0 Å². The molecule has 1 saturated heterocycles. The van der Waals surface area contributed by atoms with Crippen molar-refractivity contribution in [2.24, 2.45) is 0 Å². The van der Waals surface area contributed by atoms with E-state index in [1.807, 2.05) is 0 Å². The molecule has 0 aliphatic carbocycles. The number of thioether (sulfide) groups is 1. The summed E-state index contributed by atoms with van der Waals surface area (Å²) in [7, 11) is 0. The molecule has 1 aliphatic rings. The molecule has 1 heterocycles. The van der Waals surface area contributed by atoms with Gasteiger partial charge in [0.25, 0.3) is 0 Å². The van der Waals surface area contributed by atoms with Crippen LogP contribution in [0.4, 0.5) is 0 Å². The van der Waals surface area contributed by atoms with E-state index in [1.54, 1.807) is 0 Å². The molecule has 2 atom stereocenters. The van der Waals surface area contributed by atoms with Gasteiger partial charge in [-0.15, -0.1) is 9.06 Å². The molecule has 1 rings (SSSR count). The first kappa shape index (κ1) is 15.7. The van der Waals surface area contributed by atoms with Crippen LogP contribution in [0.3, 0.4) is 0 Å². The molecule has 0 aromatic rings. The van der Waals surface area contributed by atoms with Crippen LogP contribution in [0.1, 0.15) is 0 Å². The number of hydrogen-bond donors (Lipinski definition) is 0. The molecular weight excluding hydrogens is 501 g/mol. The summed E-state index contributed by atoms with van der Waals surface area (Å²) in [5.41, 5.74) is 0. The average molecular weight is 503 g/mol. The van der Waals surface area contributed by atoms with Crippen molar-refractivity contribution in [1.29, 1.82) is 0 Å². The molecule has 1 aliphatic heterocycles. The second kappa shape index (κ2) is 5.83. The molecule has 0 saturated carbocycles. The Hall–Kier alpha value is 2.66. The predicted molar refractivity (Wildman–Crippen MR) is 56.7 cm³/mol. The fraction of sp³-hybridized carbons (Fsp3) is 1.00. The molecule has 10 heteroatoms. The molecule has 0 aromatic carbocycles. The number of hydrazine groups is 1. The van der Waals surface area contributed by atoms with Crippen LogP contribution >= 0.6 is 81.7 Å². The molecule has 0 amide bonds. The number of halogens is 6. The maximum atomic E-state index is 5.71. The third-order valence-corrected chi connectivity index (χ3v) is 4.93. The van der Waals surface area contributed by atoms with E-state index in [0.29, 0.717) is 0 Å². The Morgan fingerprint density at radius 2 is 1.54 bits per heavy atom. The van der Waals surface area contributed by atoms with E-state index in [-0.39, 0.29) is 20.1 Å². The van der Waals surface area contributed by atoms with Crippen molar-refractivity contribution < 1.29 is 20.1 Å². The summed E-state index contributed by atoms with van der Waals surface area (Å²) in [6.07, 6.45) is 0. The summed E-state index contributed by atoms with van der Waals surface area (Å²) in [5.74, 6) is 0. The Kier molecular flexibility index (Phi) is 7.02. The Morgan fingerprint density at radius 3 is 1.69 bits per heavy atom. The van der Waals surface area contributed by atoms with Crippen LogP contribution < -0.4 is 0 Å². The Balaban J connectivity index is 0.00000144. The van der Waals surface area contributed by atoms with Gasteiger partial charge in [-0.05, 0) is 23.6 Å². The minimum absolute atomic E-state index is 0. The number of hydrogen-bond acceptors (Lipinski definition) is 3. The number of alkyl halides is 4. The third-order valence-electron chi connectivity index (χ3n) is 1.06. The molecule has 81 valence electrons. The summed E-state index contributed by atoms with van der Waals surface area (Å²) in [4.78, 5) is -0.537. The molecule has 2 unspecified atom stereocenters. The normalized spacial score (nSPS) is 31.8. The van der Waals surface area contributed by atoms with Crippen molar-refractivity contribution in [2.45, 2.75) is 14.0 Å². The van der Waals surface area contributed by atoms with Crippen molar-refractivity contribution in [2.75, 3.05) is 0 Å². The maximum Gasteiger partial charge on any atom is 0.217 e. The molecule has 1 radical (unpaired) electrons. The number of nitrogens with zero attached hydrogens (tertiary/aromatic N) is 2. The van der Waals surface area contributed by atoms with Crippen LogP contribution in [-0.2, 0) is 20.1 Å². The van der Waals surface area contributed by atoms with Gasteiger partial charge >= 0.3 is 0 Å². The van der Waals surface area contributed by atoms with Gasteiger partial charge in [0, 0.05) is 20.1 Å². The van der Waals surface area contributed by atoms with Gasteiger partial charge in [-0.3, -0.25) is 0 Å². The quantitative estimate of drug-likeness (QED) is 0.283.